The lowest BCUT2D eigenvalue weighted by Gasteiger charge is -2.29. The van der Waals surface area contributed by atoms with Gasteiger partial charge in [0, 0.05) is 19.5 Å². The third-order valence-electron chi connectivity index (χ3n) is 3.91. The zero-order valence-corrected chi connectivity index (χ0v) is 11.9. The smallest absolute Gasteiger partial charge is 0.222 e. The summed E-state index contributed by atoms with van der Waals surface area (Å²) in [6.07, 6.45) is 5.54. The van der Waals surface area contributed by atoms with Crippen molar-refractivity contribution in [1.82, 2.24) is 4.90 Å². The maximum Gasteiger partial charge on any atom is 0.222 e. The van der Waals surface area contributed by atoms with Gasteiger partial charge in [0.15, 0.2) is 0 Å². The molecule has 0 aromatic heterocycles. The Kier molecular flexibility index (Phi) is 5.61. The molecule has 3 nitrogen and oxygen atoms in total. The third-order valence-corrected chi connectivity index (χ3v) is 3.91. The van der Waals surface area contributed by atoms with Crippen LogP contribution in [0.1, 0.15) is 37.7 Å². The topological polar surface area (TPSA) is 44.1 Å². The molecule has 1 amide bonds. The van der Waals surface area contributed by atoms with E-state index in [1.54, 1.807) is 0 Å². The number of rotatable bonds is 5. The summed E-state index contributed by atoms with van der Waals surface area (Å²) in [5, 5.41) is 8.94. The average Bonchev–Trinajstić information content (AvgIpc) is 2.52. The highest BCUT2D eigenvalue weighted by Crippen LogP contribution is 2.17. The van der Waals surface area contributed by atoms with Gasteiger partial charge in [-0.05, 0) is 37.7 Å². The van der Waals surface area contributed by atoms with Crippen LogP contribution >= 0.6 is 0 Å². The minimum atomic E-state index is 0.0389. The lowest BCUT2D eigenvalue weighted by atomic mass is 9.99. The van der Waals surface area contributed by atoms with Crippen molar-refractivity contribution < 1.29 is 4.79 Å². The second-order valence-corrected chi connectivity index (χ2v) is 5.50. The van der Waals surface area contributed by atoms with Crippen LogP contribution in [0.3, 0.4) is 0 Å². The summed E-state index contributed by atoms with van der Waals surface area (Å²) in [5.41, 5.74) is 1.34. The van der Waals surface area contributed by atoms with Crippen molar-refractivity contribution in [2.45, 2.75) is 38.5 Å². The van der Waals surface area contributed by atoms with Gasteiger partial charge in [0.05, 0.1) is 12.0 Å². The Morgan fingerprint density at radius 2 is 2.10 bits per heavy atom. The van der Waals surface area contributed by atoms with Crippen LogP contribution in [0.5, 0.6) is 0 Å². The standard InChI is InChI=1S/C17H22N2O/c18-13-16-10-6-12-19(14-16)17(20)11-5-4-9-15-7-2-1-3-8-15/h1-3,7-8,16H,4-6,9-12,14H2. The molecule has 1 unspecified atom stereocenters. The van der Waals surface area contributed by atoms with E-state index in [9.17, 15) is 4.79 Å². The molecule has 0 bridgehead atoms. The van der Waals surface area contributed by atoms with Gasteiger partial charge in [-0.3, -0.25) is 4.79 Å². The maximum absolute atomic E-state index is 12.1. The van der Waals surface area contributed by atoms with Gasteiger partial charge in [0.1, 0.15) is 0 Å². The molecule has 106 valence electrons. The quantitative estimate of drug-likeness (QED) is 0.771. The predicted octanol–water partition coefficient (Wildman–Crippen LogP) is 3.16. The molecule has 1 aliphatic rings. The van der Waals surface area contributed by atoms with Gasteiger partial charge >= 0.3 is 0 Å². The van der Waals surface area contributed by atoms with E-state index < -0.39 is 0 Å². The lowest BCUT2D eigenvalue weighted by Crippen LogP contribution is -2.39. The molecule has 2 rings (SSSR count). The first-order valence-electron chi connectivity index (χ1n) is 7.51. The predicted molar refractivity (Wildman–Crippen MR) is 78.9 cm³/mol. The molecule has 1 fully saturated rings. The minimum Gasteiger partial charge on any atom is -0.341 e. The van der Waals surface area contributed by atoms with Crippen molar-refractivity contribution in [3.8, 4) is 6.07 Å². The number of nitriles is 1. The summed E-state index contributed by atoms with van der Waals surface area (Å²) >= 11 is 0. The highest BCUT2D eigenvalue weighted by Gasteiger charge is 2.22. The SMILES string of the molecule is N#CC1CCCN(C(=O)CCCCc2ccccc2)C1. The van der Waals surface area contributed by atoms with Crippen molar-refractivity contribution in [2.24, 2.45) is 5.92 Å². The number of carbonyl (C=O) groups excluding carboxylic acids is 1. The average molecular weight is 270 g/mol. The van der Waals surface area contributed by atoms with Crippen LogP contribution in [-0.4, -0.2) is 23.9 Å². The van der Waals surface area contributed by atoms with Gasteiger partial charge < -0.3 is 4.90 Å². The Hall–Kier alpha value is -1.82. The summed E-state index contributed by atoms with van der Waals surface area (Å²) in [7, 11) is 0. The Balaban J connectivity index is 1.66. The molecule has 0 radical (unpaired) electrons. The minimum absolute atomic E-state index is 0.0389. The molecule has 0 saturated carbocycles. The number of hydrogen-bond acceptors (Lipinski definition) is 2. The summed E-state index contributed by atoms with van der Waals surface area (Å²) in [6.45, 7) is 1.46. The molecule has 3 heteroatoms. The molecule has 1 atom stereocenters. The number of aryl methyl sites for hydroxylation is 1. The zero-order valence-electron chi connectivity index (χ0n) is 11.9. The van der Waals surface area contributed by atoms with Gasteiger partial charge in [-0.1, -0.05) is 30.3 Å². The third kappa shape index (κ3) is 4.38. The Morgan fingerprint density at radius 3 is 2.85 bits per heavy atom. The number of benzene rings is 1. The van der Waals surface area contributed by atoms with E-state index in [1.165, 1.54) is 5.56 Å². The van der Waals surface area contributed by atoms with Crippen LogP contribution in [0.25, 0.3) is 0 Å². The summed E-state index contributed by atoms with van der Waals surface area (Å²) in [4.78, 5) is 14.0. The number of hydrogen-bond donors (Lipinski definition) is 0. The first kappa shape index (κ1) is 14.6. The molecular weight excluding hydrogens is 248 g/mol. The Morgan fingerprint density at radius 1 is 1.30 bits per heavy atom. The normalized spacial score (nSPS) is 18.6. The van der Waals surface area contributed by atoms with E-state index >= 15 is 0 Å². The van der Waals surface area contributed by atoms with Crippen LogP contribution < -0.4 is 0 Å². The molecule has 1 heterocycles. The molecule has 20 heavy (non-hydrogen) atoms. The van der Waals surface area contributed by atoms with E-state index in [2.05, 4.69) is 30.3 Å². The molecule has 1 aliphatic heterocycles. The van der Waals surface area contributed by atoms with Gasteiger partial charge in [-0.15, -0.1) is 0 Å². The van der Waals surface area contributed by atoms with E-state index in [4.69, 9.17) is 5.26 Å². The second kappa shape index (κ2) is 7.69. The van der Waals surface area contributed by atoms with Crippen molar-refractivity contribution in [3.63, 3.8) is 0 Å². The molecule has 0 N–H and O–H groups in total. The second-order valence-electron chi connectivity index (χ2n) is 5.50. The fraction of sp³-hybridized carbons (Fsp3) is 0.529. The first-order chi connectivity index (χ1) is 9.79. The fourth-order valence-electron chi connectivity index (χ4n) is 2.72. The Labute approximate surface area is 121 Å². The summed E-state index contributed by atoms with van der Waals surface area (Å²) in [5.74, 6) is 0.259. The number of likely N-dealkylation sites (tertiary alicyclic amines) is 1. The van der Waals surface area contributed by atoms with Crippen molar-refractivity contribution >= 4 is 5.91 Å². The molecule has 0 spiro atoms. The molecule has 0 aliphatic carbocycles. The number of nitrogens with zero attached hydrogens (tertiary/aromatic N) is 2. The lowest BCUT2D eigenvalue weighted by molar-refractivity contribution is -0.132. The van der Waals surface area contributed by atoms with Crippen LogP contribution in [0.15, 0.2) is 30.3 Å². The van der Waals surface area contributed by atoms with E-state index in [0.717, 1.165) is 38.6 Å². The van der Waals surface area contributed by atoms with Crippen LogP contribution in [-0.2, 0) is 11.2 Å². The van der Waals surface area contributed by atoms with Crippen molar-refractivity contribution in [2.75, 3.05) is 13.1 Å². The highest BCUT2D eigenvalue weighted by molar-refractivity contribution is 5.76. The van der Waals surface area contributed by atoms with Crippen LogP contribution in [0, 0.1) is 17.2 Å². The van der Waals surface area contributed by atoms with E-state index in [0.29, 0.717) is 13.0 Å². The maximum atomic E-state index is 12.1. The van der Waals surface area contributed by atoms with E-state index in [-0.39, 0.29) is 11.8 Å². The van der Waals surface area contributed by atoms with Crippen LogP contribution in [0.4, 0.5) is 0 Å². The number of unbranched alkanes of at least 4 members (excludes halogenated alkanes) is 1. The van der Waals surface area contributed by atoms with Gasteiger partial charge in [-0.2, -0.15) is 5.26 Å². The largest absolute Gasteiger partial charge is 0.341 e. The summed E-state index contributed by atoms with van der Waals surface area (Å²) < 4.78 is 0. The van der Waals surface area contributed by atoms with Crippen molar-refractivity contribution in [1.29, 1.82) is 5.26 Å². The molecular formula is C17H22N2O. The van der Waals surface area contributed by atoms with Crippen molar-refractivity contribution in [3.05, 3.63) is 35.9 Å². The monoisotopic (exact) mass is 270 g/mol. The molecule has 1 aromatic carbocycles. The van der Waals surface area contributed by atoms with E-state index in [1.807, 2.05) is 11.0 Å². The fourth-order valence-corrected chi connectivity index (χ4v) is 2.72. The number of piperidine rings is 1. The highest BCUT2D eigenvalue weighted by atomic mass is 16.2. The van der Waals surface area contributed by atoms with Crippen LogP contribution in [0.2, 0.25) is 0 Å². The Bertz CT molecular complexity index is 464. The first-order valence-corrected chi connectivity index (χ1v) is 7.51. The molecule has 1 aromatic rings. The van der Waals surface area contributed by atoms with Gasteiger partial charge in [-0.25, -0.2) is 0 Å². The summed E-state index contributed by atoms with van der Waals surface area (Å²) in [6, 6.07) is 12.7. The zero-order chi connectivity index (χ0) is 14.2. The van der Waals surface area contributed by atoms with Gasteiger partial charge in [0.25, 0.3) is 0 Å². The molecule has 1 saturated heterocycles. The number of amides is 1. The van der Waals surface area contributed by atoms with Gasteiger partial charge in [0.2, 0.25) is 5.91 Å². The number of carbonyl (C=O) groups is 1.